The van der Waals surface area contributed by atoms with Crippen molar-refractivity contribution in [1.29, 1.82) is 0 Å². The van der Waals surface area contributed by atoms with Crippen LogP contribution in [0.4, 0.5) is 13.2 Å². The Labute approximate surface area is 123 Å². The quantitative estimate of drug-likeness (QED) is 0.850. The van der Waals surface area contributed by atoms with E-state index in [2.05, 4.69) is 5.32 Å². The van der Waals surface area contributed by atoms with Crippen molar-refractivity contribution in [2.75, 3.05) is 19.6 Å². The van der Waals surface area contributed by atoms with E-state index >= 15 is 0 Å². The molecule has 1 N–H and O–H groups in total. The number of carbonyl (C=O) groups excluding carboxylic acids is 1. The van der Waals surface area contributed by atoms with Crippen LogP contribution in [0.5, 0.6) is 0 Å². The summed E-state index contributed by atoms with van der Waals surface area (Å²) in [5.41, 5.74) is -0.618. The molecule has 2 atom stereocenters. The summed E-state index contributed by atoms with van der Waals surface area (Å²) in [7, 11) is 0. The van der Waals surface area contributed by atoms with Crippen LogP contribution in [-0.2, 0) is 4.79 Å². The standard InChI is InChI=1S/C13H21F3N2O.ClH/c1-2-12(6-4-7-17-12)11(19)18-8-3-5-10(9-18)13(14,15)16;/h10,17H,2-9H2,1H3;1H. The maximum atomic E-state index is 12.8. The third-order valence-electron chi connectivity index (χ3n) is 4.43. The normalized spacial score (nSPS) is 31.0. The second-order valence-corrected chi connectivity index (χ2v) is 5.60. The average Bonchev–Trinajstić information content (AvgIpc) is 2.87. The van der Waals surface area contributed by atoms with E-state index < -0.39 is 17.6 Å². The van der Waals surface area contributed by atoms with Crippen LogP contribution in [0.25, 0.3) is 0 Å². The first-order valence-electron chi connectivity index (χ1n) is 7.00. The Morgan fingerprint density at radius 1 is 1.40 bits per heavy atom. The summed E-state index contributed by atoms with van der Waals surface area (Å²) in [6.07, 6.45) is -1.33. The number of hydrogen-bond acceptors (Lipinski definition) is 2. The number of halogens is 4. The summed E-state index contributed by atoms with van der Waals surface area (Å²) >= 11 is 0. The van der Waals surface area contributed by atoms with Crippen LogP contribution in [0.1, 0.15) is 39.0 Å². The third-order valence-corrected chi connectivity index (χ3v) is 4.43. The molecule has 118 valence electrons. The molecule has 2 fully saturated rings. The molecule has 2 rings (SSSR count). The van der Waals surface area contributed by atoms with Gasteiger partial charge in [-0.15, -0.1) is 12.4 Å². The van der Waals surface area contributed by atoms with Gasteiger partial charge in [0.15, 0.2) is 0 Å². The van der Waals surface area contributed by atoms with Crippen molar-refractivity contribution >= 4 is 18.3 Å². The zero-order valence-corrected chi connectivity index (χ0v) is 12.4. The first kappa shape index (κ1) is 17.6. The second-order valence-electron chi connectivity index (χ2n) is 5.60. The third kappa shape index (κ3) is 3.39. The number of carbonyl (C=O) groups is 1. The van der Waals surface area contributed by atoms with Crippen molar-refractivity contribution in [2.45, 2.75) is 50.7 Å². The summed E-state index contributed by atoms with van der Waals surface area (Å²) < 4.78 is 38.3. The predicted molar refractivity (Wildman–Crippen MR) is 72.9 cm³/mol. The topological polar surface area (TPSA) is 32.3 Å². The zero-order valence-electron chi connectivity index (χ0n) is 11.6. The van der Waals surface area contributed by atoms with E-state index in [4.69, 9.17) is 0 Å². The van der Waals surface area contributed by atoms with E-state index in [9.17, 15) is 18.0 Å². The molecule has 1 amide bonds. The molecule has 0 aromatic carbocycles. The van der Waals surface area contributed by atoms with Gasteiger partial charge in [-0.1, -0.05) is 6.92 Å². The number of amides is 1. The van der Waals surface area contributed by atoms with Gasteiger partial charge in [0.1, 0.15) is 0 Å². The number of nitrogens with one attached hydrogen (secondary N) is 1. The van der Waals surface area contributed by atoms with Crippen molar-refractivity contribution in [2.24, 2.45) is 5.92 Å². The van der Waals surface area contributed by atoms with Gasteiger partial charge in [-0.2, -0.15) is 13.2 Å². The van der Waals surface area contributed by atoms with Gasteiger partial charge >= 0.3 is 6.18 Å². The highest BCUT2D eigenvalue weighted by Gasteiger charge is 2.47. The first-order chi connectivity index (χ1) is 8.89. The van der Waals surface area contributed by atoms with Crippen LogP contribution in [0.15, 0.2) is 0 Å². The lowest BCUT2D eigenvalue weighted by Gasteiger charge is -2.39. The maximum absolute atomic E-state index is 12.8. The molecule has 7 heteroatoms. The predicted octanol–water partition coefficient (Wildman–Crippen LogP) is 2.74. The Morgan fingerprint density at radius 2 is 2.10 bits per heavy atom. The summed E-state index contributed by atoms with van der Waals surface area (Å²) in [6, 6.07) is 0. The molecule has 2 saturated heterocycles. The number of piperidine rings is 1. The van der Waals surface area contributed by atoms with Crippen molar-refractivity contribution in [1.82, 2.24) is 10.2 Å². The fourth-order valence-corrected chi connectivity index (χ4v) is 3.17. The number of hydrogen-bond donors (Lipinski definition) is 1. The van der Waals surface area contributed by atoms with Crippen LogP contribution in [0, 0.1) is 5.92 Å². The van der Waals surface area contributed by atoms with Gasteiger partial charge in [0, 0.05) is 13.1 Å². The molecule has 2 unspecified atom stereocenters. The molecule has 0 spiro atoms. The second kappa shape index (κ2) is 6.52. The van der Waals surface area contributed by atoms with E-state index in [0.717, 1.165) is 19.4 Å². The van der Waals surface area contributed by atoms with Crippen LogP contribution in [0.3, 0.4) is 0 Å². The Kier molecular flexibility index (Phi) is 5.72. The van der Waals surface area contributed by atoms with Gasteiger partial charge in [0.25, 0.3) is 0 Å². The summed E-state index contributed by atoms with van der Waals surface area (Å²) in [5.74, 6) is -1.50. The van der Waals surface area contributed by atoms with Gasteiger partial charge in [-0.3, -0.25) is 4.79 Å². The van der Waals surface area contributed by atoms with Crippen LogP contribution in [-0.4, -0.2) is 42.2 Å². The summed E-state index contributed by atoms with van der Waals surface area (Å²) in [6.45, 7) is 2.97. The molecule has 0 aliphatic carbocycles. The van der Waals surface area contributed by atoms with Crippen molar-refractivity contribution in [3.63, 3.8) is 0 Å². The number of alkyl halides is 3. The van der Waals surface area contributed by atoms with E-state index in [1.54, 1.807) is 0 Å². The van der Waals surface area contributed by atoms with Gasteiger partial charge < -0.3 is 10.2 Å². The Morgan fingerprint density at radius 3 is 2.60 bits per heavy atom. The Hall–Kier alpha value is -0.490. The molecule has 0 bridgehead atoms. The summed E-state index contributed by atoms with van der Waals surface area (Å²) in [4.78, 5) is 13.9. The highest BCUT2D eigenvalue weighted by atomic mass is 35.5. The minimum Gasteiger partial charge on any atom is -0.340 e. The van der Waals surface area contributed by atoms with Crippen LogP contribution >= 0.6 is 12.4 Å². The van der Waals surface area contributed by atoms with E-state index in [1.807, 2.05) is 6.92 Å². The van der Waals surface area contributed by atoms with Crippen LogP contribution < -0.4 is 5.32 Å². The molecule has 2 heterocycles. The lowest BCUT2D eigenvalue weighted by molar-refractivity contribution is -0.189. The number of likely N-dealkylation sites (tertiary alicyclic amines) is 1. The minimum absolute atomic E-state index is 0. The van der Waals surface area contributed by atoms with Gasteiger partial charge in [0.2, 0.25) is 5.91 Å². The molecular weight excluding hydrogens is 293 g/mol. The van der Waals surface area contributed by atoms with Crippen LogP contribution in [0.2, 0.25) is 0 Å². The number of rotatable bonds is 2. The lowest BCUT2D eigenvalue weighted by Crippen LogP contribution is -2.57. The molecule has 0 saturated carbocycles. The van der Waals surface area contributed by atoms with Gasteiger partial charge in [-0.25, -0.2) is 0 Å². The fourth-order valence-electron chi connectivity index (χ4n) is 3.17. The van der Waals surface area contributed by atoms with Crippen molar-refractivity contribution in [3.05, 3.63) is 0 Å². The molecule has 0 aromatic heterocycles. The smallest absolute Gasteiger partial charge is 0.340 e. The van der Waals surface area contributed by atoms with E-state index in [0.29, 0.717) is 19.4 Å². The molecule has 2 aliphatic rings. The van der Waals surface area contributed by atoms with E-state index in [-0.39, 0.29) is 31.3 Å². The summed E-state index contributed by atoms with van der Waals surface area (Å²) in [5, 5.41) is 3.20. The molecule has 3 nitrogen and oxygen atoms in total. The lowest BCUT2D eigenvalue weighted by atomic mass is 9.89. The molecule has 2 aliphatic heterocycles. The minimum atomic E-state index is -4.19. The maximum Gasteiger partial charge on any atom is 0.393 e. The monoisotopic (exact) mass is 314 g/mol. The Balaban J connectivity index is 0.00000200. The first-order valence-corrected chi connectivity index (χ1v) is 7.00. The highest BCUT2D eigenvalue weighted by Crippen LogP contribution is 2.35. The molecule has 20 heavy (non-hydrogen) atoms. The Bertz CT molecular complexity index is 343. The van der Waals surface area contributed by atoms with E-state index in [1.165, 1.54) is 4.90 Å². The molecule has 0 radical (unpaired) electrons. The molecule has 0 aromatic rings. The fraction of sp³-hybridized carbons (Fsp3) is 0.923. The van der Waals surface area contributed by atoms with Crippen molar-refractivity contribution < 1.29 is 18.0 Å². The SMILES string of the molecule is CCC1(C(=O)N2CCCC(C(F)(F)F)C2)CCCN1.Cl. The van der Waals surface area contributed by atoms with Gasteiger partial charge in [-0.05, 0) is 38.6 Å². The number of nitrogens with zero attached hydrogens (tertiary/aromatic N) is 1. The van der Waals surface area contributed by atoms with Crippen molar-refractivity contribution in [3.8, 4) is 0 Å². The largest absolute Gasteiger partial charge is 0.393 e. The zero-order chi connectivity index (χ0) is 14.1. The molecular formula is C13H22ClF3N2O. The van der Waals surface area contributed by atoms with Gasteiger partial charge in [0.05, 0.1) is 11.5 Å². The average molecular weight is 315 g/mol. The highest BCUT2D eigenvalue weighted by molar-refractivity contribution is 5.86.